The van der Waals surface area contributed by atoms with E-state index >= 15 is 0 Å². The van der Waals surface area contributed by atoms with Crippen LogP contribution in [0.5, 0.6) is 5.75 Å². The molecule has 0 amide bonds. The van der Waals surface area contributed by atoms with E-state index in [1.54, 1.807) is 0 Å². The van der Waals surface area contributed by atoms with E-state index in [9.17, 15) is 10.1 Å². The zero-order valence-electron chi connectivity index (χ0n) is 8.90. The molecule has 16 heavy (non-hydrogen) atoms. The standard InChI is InChI=1S/C10H13ClN2O3/c1-2-3-4-16-10-6-8(12)9(13(14)15)5-7(10)11/h5-6H,2-4,12H2,1H3. The second kappa shape index (κ2) is 5.55. The molecule has 0 saturated carbocycles. The number of nitrogen functional groups attached to an aromatic ring is 1. The van der Waals surface area contributed by atoms with Crippen molar-refractivity contribution in [2.45, 2.75) is 19.8 Å². The van der Waals surface area contributed by atoms with Crippen LogP contribution in [0.25, 0.3) is 0 Å². The topological polar surface area (TPSA) is 78.4 Å². The molecule has 0 spiro atoms. The van der Waals surface area contributed by atoms with Crippen molar-refractivity contribution < 1.29 is 9.66 Å². The van der Waals surface area contributed by atoms with Gasteiger partial charge in [-0.05, 0) is 6.42 Å². The van der Waals surface area contributed by atoms with Gasteiger partial charge in [-0.15, -0.1) is 0 Å². The first-order valence-corrected chi connectivity index (χ1v) is 5.30. The van der Waals surface area contributed by atoms with Gasteiger partial charge < -0.3 is 10.5 Å². The maximum atomic E-state index is 10.6. The van der Waals surface area contributed by atoms with Gasteiger partial charge in [-0.1, -0.05) is 24.9 Å². The molecule has 88 valence electrons. The van der Waals surface area contributed by atoms with Gasteiger partial charge in [-0.2, -0.15) is 0 Å². The summed E-state index contributed by atoms with van der Waals surface area (Å²) in [6.07, 6.45) is 1.90. The van der Waals surface area contributed by atoms with Crippen LogP contribution in [0.3, 0.4) is 0 Å². The summed E-state index contributed by atoms with van der Waals surface area (Å²) in [4.78, 5) is 10.00. The molecule has 5 nitrogen and oxygen atoms in total. The van der Waals surface area contributed by atoms with E-state index in [0.29, 0.717) is 12.4 Å². The van der Waals surface area contributed by atoms with Crippen molar-refractivity contribution in [3.8, 4) is 5.75 Å². The van der Waals surface area contributed by atoms with Crippen LogP contribution in [0.1, 0.15) is 19.8 Å². The molecule has 1 aromatic carbocycles. The minimum absolute atomic E-state index is 0.0564. The minimum Gasteiger partial charge on any atom is -0.492 e. The molecule has 0 radical (unpaired) electrons. The van der Waals surface area contributed by atoms with E-state index in [-0.39, 0.29) is 16.4 Å². The summed E-state index contributed by atoms with van der Waals surface area (Å²) in [5, 5.41) is 10.8. The van der Waals surface area contributed by atoms with Crippen LogP contribution in [-0.2, 0) is 0 Å². The zero-order valence-corrected chi connectivity index (χ0v) is 9.66. The highest BCUT2D eigenvalue weighted by Gasteiger charge is 2.15. The number of nitrogens with zero attached hydrogens (tertiary/aromatic N) is 1. The van der Waals surface area contributed by atoms with Gasteiger partial charge in [-0.25, -0.2) is 0 Å². The zero-order chi connectivity index (χ0) is 12.1. The average molecular weight is 245 g/mol. The Kier molecular flexibility index (Phi) is 4.37. The number of benzene rings is 1. The van der Waals surface area contributed by atoms with Gasteiger partial charge >= 0.3 is 0 Å². The smallest absolute Gasteiger partial charge is 0.293 e. The van der Waals surface area contributed by atoms with Crippen LogP contribution in [0.4, 0.5) is 11.4 Å². The predicted molar refractivity (Wildman–Crippen MR) is 62.9 cm³/mol. The molecule has 0 aliphatic carbocycles. The number of ether oxygens (including phenoxy) is 1. The van der Waals surface area contributed by atoms with Gasteiger partial charge in [0.15, 0.2) is 0 Å². The van der Waals surface area contributed by atoms with Gasteiger partial charge in [-0.3, -0.25) is 10.1 Å². The van der Waals surface area contributed by atoms with Crippen molar-refractivity contribution in [3.05, 3.63) is 27.3 Å². The molecule has 0 bridgehead atoms. The van der Waals surface area contributed by atoms with Crippen molar-refractivity contribution in [2.24, 2.45) is 0 Å². The normalized spacial score (nSPS) is 10.1. The molecule has 2 N–H and O–H groups in total. The summed E-state index contributed by atoms with van der Waals surface area (Å²) < 4.78 is 5.36. The minimum atomic E-state index is -0.572. The predicted octanol–water partition coefficient (Wildman–Crippen LogP) is 3.01. The van der Waals surface area contributed by atoms with Gasteiger partial charge in [0.25, 0.3) is 5.69 Å². The number of unbranched alkanes of at least 4 members (excludes halogenated alkanes) is 1. The lowest BCUT2D eigenvalue weighted by Crippen LogP contribution is -2.00. The third-order valence-corrected chi connectivity index (χ3v) is 2.33. The Morgan fingerprint density at radius 2 is 2.25 bits per heavy atom. The molecular weight excluding hydrogens is 232 g/mol. The third-order valence-electron chi connectivity index (χ3n) is 2.03. The Morgan fingerprint density at radius 3 is 2.81 bits per heavy atom. The van der Waals surface area contributed by atoms with E-state index in [0.717, 1.165) is 12.8 Å². The lowest BCUT2D eigenvalue weighted by atomic mass is 10.2. The van der Waals surface area contributed by atoms with E-state index in [4.69, 9.17) is 22.1 Å². The second-order valence-electron chi connectivity index (χ2n) is 3.30. The summed E-state index contributed by atoms with van der Waals surface area (Å²) in [5.74, 6) is 0.387. The van der Waals surface area contributed by atoms with Gasteiger partial charge in [0.1, 0.15) is 11.4 Å². The Labute approximate surface area is 98.3 Å². The van der Waals surface area contributed by atoms with E-state index in [2.05, 4.69) is 0 Å². The summed E-state index contributed by atoms with van der Waals surface area (Å²) in [7, 11) is 0. The van der Waals surface area contributed by atoms with Crippen LogP contribution < -0.4 is 10.5 Å². The molecular formula is C10H13ClN2O3. The number of nitrogens with two attached hydrogens (primary N) is 1. The first-order valence-electron chi connectivity index (χ1n) is 4.92. The van der Waals surface area contributed by atoms with Crippen molar-refractivity contribution in [3.63, 3.8) is 0 Å². The van der Waals surface area contributed by atoms with Gasteiger partial charge in [0, 0.05) is 12.1 Å². The number of hydrogen-bond acceptors (Lipinski definition) is 4. The molecule has 0 fully saturated rings. The monoisotopic (exact) mass is 244 g/mol. The largest absolute Gasteiger partial charge is 0.492 e. The molecule has 0 unspecified atom stereocenters. The summed E-state index contributed by atoms with van der Waals surface area (Å²) in [6.45, 7) is 2.56. The van der Waals surface area contributed by atoms with Crippen LogP contribution in [0, 0.1) is 10.1 Å². The average Bonchev–Trinajstić information content (AvgIpc) is 2.22. The van der Waals surface area contributed by atoms with Crippen molar-refractivity contribution in [1.82, 2.24) is 0 Å². The highest BCUT2D eigenvalue weighted by molar-refractivity contribution is 6.32. The van der Waals surface area contributed by atoms with Crippen LogP contribution in [0.2, 0.25) is 5.02 Å². The number of halogens is 1. The molecule has 1 aromatic rings. The van der Waals surface area contributed by atoms with Crippen molar-refractivity contribution >= 4 is 23.0 Å². The molecule has 0 aliphatic rings. The Morgan fingerprint density at radius 1 is 1.56 bits per heavy atom. The first kappa shape index (κ1) is 12.6. The molecule has 0 aliphatic heterocycles. The molecule has 1 rings (SSSR count). The maximum Gasteiger partial charge on any atom is 0.293 e. The second-order valence-corrected chi connectivity index (χ2v) is 3.71. The molecule has 0 heterocycles. The van der Waals surface area contributed by atoms with Crippen molar-refractivity contribution in [2.75, 3.05) is 12.3 Å². The van der Waals surface area contributed by atoms with Gasteiger partial charge in [0.2, 0.25) is 0 Å². The molecule has 0 saturated heterocycles. The molecule has 0 atom stereocenters. The van der Waals surface area contributed by atoms with Crippen LogP contribution in [-0.4, -0.2) is 11.5 Å². The molecule has 6 heteroatoms. The summed E-state index contributed by atoms with van der Waals surface area (Å²) in [5.41, 5.74) is 5.37. The number of hydrogen-bond donors (Lipinski definition) is 1. The van der Waals surface area contributed by atoms with Crippen LogP contribution in [0.15, 0.2) is 12.1 Å². The number of nitro groups is 1. The SMILES string of the molecule is CCCCOc1cc(N)c([N+](=O)[O-])cc1Cl. The first-order chi connectivity index (χ1) is 7.56. The lowest BCUT2D eigenvalue weighted by Gasteiger charge is -2.08. The lowest BCUT2D eigenvalue weighted by molar-refractivity contribution is -0.383. The van der Waals surface area contributed by atoms with E-state index in [1.807, 2.05) is 6.92 Å². The fraction of sp³-hybridized carbons (Fsp3) is 0.400. The fourth-order valence-corrected chi connectivity index (χ4v) is 1.37. The fourth-order valence-electron chi connectivity index (χ4n) is 1.15. The Bertz CT molecular complexity index is 396. The maximum absolute atomic E-state index is 10.6. The third kappa shape index (κ3) is 3.00. The number of rotatable bonds is 5. The van der Waals surface area contributed by atoms with E-state index in [1.165, 1.54) is 12.1 Å². The summed E-state index contributed by atoms with van der Waals surface area (Å²) >= 11 is 5.84. The van der Waals surface area contributed by atoms with Crippen LogP contribution >= 0.6 is 11.6 Å². The van der Waals surface area contributed by atoms with Gasteiger partial charge in [0.05, 0.1) is 16.6 Å². The highest BCUT2D eigenvalue weighted by Crippen LogP contribution is 2.34. The number of anilines is 1. The highest BCUT2D eigenvalue weighted by atomic mass is 35.5. The Balaban J connectivity index is 2.88. The van der Waals surface area contributed by atoms with E-state index < -0.39 is 4.92 Å². The quantitative estimate of drug-likeness (QED) is 0.374. The Hall–Kier alpha value is -1.49. The summed E-state index contributed by atoms with van der Waals surface area (Å²) in [6, 6.07) is 2.59. The van der Waals surface area contributed by atoms with Crippen molar-refractivity contribution in [1.29, 1.82) is 0 Å². The molecule has 0 aromatic heterocycles. The number of nitro benzene ring substituents is 1.